The molecule has 1 saturated carbocycles. The molecular formula is C15H28N2O. The van der Waals surface area contributed by atoms with Crippen LogP contribution in [0.1, 0.15) is 46.0 Å². The molecule has 0 aromatic rings. The highest BCUT2D eigenvalue weighted by atomic mass is 16.2. The van der Waals surface area contributed by atoms with E-state index in [9.17, 15) is 4.79 Å². The maximum Gasteiger partial charge on any atom is 0.226 e. The second kappa shape index (κ2) is 6.05. The van der Waals surface area contributed by atoms with Crippen LogP contribution < -0.4 is 5.73 Å². The molecule has 1 aliphatic carbocycles. The van der Waals surface area contributed by atoms with Gasteiger partial charge in [0, 0.05) is 19.0 Å². The van der Waals surface area contributed by atoms with Gasteiger partial charge >= 0.3 is 0 Å². The van der Waals surface area contributed by atoms with Crippen LogP contribution in [-0.4, -0.2) is 30.4 Å². The number of rotatable bonds is 3. The summed E-state index contributed by atoms with van der Waals surface area (Å²) < 4.78 is 0. The van der Waals surface area contributed by atoms with E-state index in [1.807, 2.05) is 0 Å². The smallest absolute Gasteiger partial charge is 0.226 e. The van der Waals surface area contributed by atoms with Gasteiger partial charge in [-0.1, -0.05) is 20.3 Å². The molecule has 2 aliphatic rings. The van der Waals surface area contributed by atoms with Crippen LogP contribution >= 0.6 is 0 Å². The summed E-state index contributed by atoms with van der Waals surface area (Å²) in [5.74, 6) is 2.63. The molecule has 3 nitrogen and oxygen atoms in total. The molecule has 2 atom stereocenters. The molecular weight excluding hydrogens is 224 g/mol. The van der Waals surface area contributed by atoms with Gasteiger partial charge in [0.05, 0.1) is 0 Å². The summed E-state index contributed by atoms with van der Waals surface area (Å²) >= 11 is 0. The fourth-order valence-electron chi connectivity index (χ4n) is 3.67. The first kappa shape index (κ1) is 13.9. The van der Waals surface area contributed by atoms with E-state index >= 15 is 0 Å². The zero-order chi connectivity index (χ0) is 13.1. The molecule has 1 saturated heterocycles. The van der Waals surface area contributed by atoms with Crippen LogP contribution in [0.5, 0.6) is 0 Å². The van der Waals surface area contributed by atoms with Gasteiger partial charge in [-0.05, 0) is 50.0 Å². The predicted octanol–water partition coefficient (Wildman–Crippen LogP) is 2.26. The third-order valence-corrected chi connectivity index (χ3v) is 5.07. The second-order valence-corrected chi connectivity index (χ2v) is 6.44. The van der Waals surface area contributed by atoms with E-state index in [4.69, 9.17) is 5.73 Å². The van der Waals surface area contributed by atoms with Crippen molar-refractivity contribution in [1.82, 2.24) is 4.90 Å². The Morgan fingerprint density at radius 1 is 1.22 bits per heavy atom. The van der Waals surface area contributed by atoms with Crippen LogP contribution in [0.15, 0.2) is 0 Å². The second-order valence-electron chi connectivity index (χ2n) is 6.44. The van der Waals surface area contributed by atoms with Crippen LogP contribution in [-0.2, 0) is 4.79 Å². The minimum Gasteiger partial charge on any atom is -0.342 e. The standard InChI is InChI=1S/C15H28N2O/c1-11(2)12-6-8-17(9-7-12)15(18)14-5-3-4-13(14)10-16/h11-14H,3-10,16H2,1-2H3. The Labute approximate surface area is 111 Å². The Kier molecular flexibility index (Phi) is 4.66. The number of carbonyl (C=O) groups is 1. The molecule has 18 heavy (non-hydrogen) atoms. The van der Waals surface area contributed by atoms with Crippen molar-refractivity contribution in [1.29, 1.82) is 0 Å². The number of nitrogens with zero attached hydrogens (tertiary/aromatic N) is 1. The lowest BCUT2D eigenvalue weighted by Gasteiger charge is -2.36. The minimum atomic E-state index is 0.227. The van der Waals surface area contributed by atoms with Gasteiger partial charge in [0.25, 0.3) is 0 Å². The van der Waals surface area contributed by atoms with Gasteiger partial charge in [-0.25, -0.2) is 0 Å². The lowest BCUT2D eigenvalue weighted by molar-refractivity contribution is -0.138. The van der Waals surface area contributed by atoms with Gasteiger partial charge < -0.3 is 10.6 Å². The number of hydrogen-bond acceptors (Lipinski definition) is 2. The minimum absolute atomic E-state index is 0.227. The first-order valence-corrected chi connectivity index (χ1v) is 7.62. The van der Waals surface area contributed by atoms with E-state index in [2.05, 4.69) is 18.7 Å². The summed E-state index contributed by atoms with van der Waals surface area (Å²) in [6.07, 6.45) is 5.76. The van der Waals surface area contributed by atoms with Crippen molar-refractivity contribution in [2.45, 2.75) is 46.0 Å². The normalized spacial score (nSPS) is 30.1. The molecule has 0 spiro atoms. The number of piperidine rings is 1. The molecule has 104 valence electrons. The first-order valence-electron chi connectivity index (χ1n) is 7.62. The number of hydrogen-bond donors (Lipinski definition) is 1. The maximum atomic E-state index is 12.5. The largest absolute Gasteiger partial charge is 0.342 e. The van der Waals surface area contributed by atoms with Gasteiger partial charge in [-0.3, -0.25) is 4.79 Å². The summed E-state index contributed by atoms with van der Waals surface area (Å²) in [5, 5.41) is 0. The summed E-state index contributed by atoms with van der Waals surface area (Å²) in [6, 6.07) is 0. The van der Waals surface area contributed by atoms with Gasteiger partial charge in [-0.15, -0.1) is 0 Å². The Morgan fingerprint density at radius 2 is 1.89 bits per heavy atom. The molecule has 0 aromatic carbocycles. The van der Waals surface area contributed by atoms with Crippen molar-refractivity contribution in [3.63, 3.8) is 0 Å². The van der Waals surface area contributed by atoms with Crippen LogP contribution in [0, 0.1) is 23.7 Å². The van der Waals surface area contributed by atoms with Gasteiger partial charge in [0.1, 0.15) is 0 Å². The molecule has 2 fully saturated rings. The molecule has 0 aromatic heterocycles. The van der Waals surface area contributed by atoms with Crippen molar-refractivity contribution in [3.8, 4) is 0 Å². The van der Waals surface area contributed by atoms with Crippen LogP contribution in [0.2, 0.25) is 0 Å². The van der Waals surface area contributed by atoms with E-state index in [0.717, 1.165) is 37.8 Å². The quantitative estimate of drug-likeness (QED) is 0.837. The third-order valence-electron chi connectivity index (χ3n) is 5.07. The molecule has 3 heteroatoms. The summed E-state index contributed by atoms with van der Waals surface area (Å²) in [7, 11) is 0. The fraction of sp³-hybridized carbons (Fsp3) is 0.933. The Bertz CT molecular complexity index is 282. The predicted molar refractivity (Wildman–Crippen MR) is 74.0 cm³/mol. The van der Waals surface area contributed by atoms with E-state index in [0.29, 0.717) is 18.4 Å². The summed E-state index contributed by atoms with van der Waals surface area (Å²) in [4.78, 5) is 14.6. The zero-order valence-corrected chi connectivity index (χ0v) is 11.9. The zero-order valence-electron chi connectivity index (χ0n) is 11.9. The summed E-state index contributed by atoms with van der Waals surface area (Å²) in [5.41, 5.74) is 5.78. The Hall–Kier alpha value is -0.570. The van der Waals surface area contributed by atoms with Crippen LogP contribution in [0.4, 0.5) is 0 Å². The lowest BCUT2D eigenvalue weighted by atomic mass is 9.86. The molecule has 1 heterocycles. The van der Waals surface area contributed by atoms with Crippen molar-refractivity contribution in [3.05, 3.63) is 0 Å². The van der Waals surface area contributed by atoms with E-state index in [-0.39, 0.29) is 5.92 Å². The number of likely N-dealkylation sites (tertiary alicyclic amines) is 1. The van der Waals surface area contributed by atoms with Gasteiger partial charge in [-0.2, -0.15) is 0 Å². The highest BCUT2D eigenvalue weighted by Gasteiger charge is 2.36. The summed E-state index contributed by atoms with van der Waals surface area (Å²) in [6.45, 7) is 7.21. The SMILES string of the molecule is CC(C)C1CCN(C(=O)C2CCCC2CN)CC1. The van der Waals surface area contributed by atoms with Crippen LogP contribution in [0.3, 0.4) is 0 Å². The van der Waals surface area contributed by atoms with Crippen molar-refractivity contribution < 1.29 is 4.79 Å². The van der Waals surface area contributed by atoms with Crippen molar-refractivity contribution in [2.24, 2.45) is 29.4 Å². The first-order chi connectivity index (χ1) is 8.63. The average Bonchev–Trinajstić information content (AvgIpc) is 2.86. The maximum absolute atomic E-state index is 12.5. The van der Waals surface area contributed by atoms with E-state index < -0.39 is 0 Å². The van der Waals surface area contributed by atoms with Crippen LogP contribution in [0.25, 0.3) is 0 Å². The monoisotopic (exact) mass is 252 g/mol. The fourth-order valence-corrected chi connectivity index (χ4v) is 3.67. The third kappa shape index (κ3) is 2.87. The highest BCUT2D eigenvalue weighted by Crippen LogP contribution is 2.34. The topological polar surface area (TPSA) is 46.3 Å². The highest BCUT2D eigenvalue weighted by molar-refractivity contribution is 5.79. The molecule has 2 rings (SSSR count). The van der Waals surface area contributed by atoms with E-state index in [1.165, 1.54) is 19.3 Å². The van der Waals surface area contributed by atoms with E-state index in [1.54, 1.807) is 0 Å². The molecule has 1 aliphatic heterocycles. The van der Waals surface area contributed by atoms with Gasteiger partial charge in [0.2, 0.25) is 5.91 Å². The Balaban J connectivity index is 1.87. The molecule has 0 radical (unpaired) electrons. The molecule has 2 unspecified atom stereocenters. The average molecular weight is 252 g/mol. The lowest BCUT2D eigenvalue weighted by Crippen LogP contribution is -2.44. The molecule has 2 N–H and O–H groups in total. The van der Waals surface area contributed by atoms with Gasteiger partial charge in [0.15, 0.2) is 0 Å². The number of nitrogens with two attached hydrogens (primary N) is 1. The van der Waals surface area contributed by atoms with Crippen molar-refractivity contribution >= 4 is 5.91 Å². The van der Waals surface area contributed by atoms with Crippen molar-refractivity contribution in [2.75, 3.05) is 19.6 Å². The number of amides is 1. The number of carbonyl (C=O) groups excluding carboxylic acids is 1. The molecule has 0 bridgehead atoms. The Morgan fingerprint density at radius 3 is 2.44 bits per heavy atom. The molecule has 1 amide bonds.